The van der Waals surface area contributed by atoms with Gasteiger partial charge in [0.1, 0.15) is 6.04 Å². The molecule has 4 heteroatoms. The van der Waals surface area contributed by atoms with Gasteiger partial charge < -0.3 is 15.6 Å². The zero-order chi connectivity index (χ0) is 9.72. The number of carboxylic acids is 1. The highest BCUT2D eigenvalue weighted by atomic mass is 16.5. The van der Waals surface area contributed by atoms with Crippen molar-refractivity contribution < 1.29 is 14.6 Å². The Labute approximate surface area is 72.7 Å². The van der Waals surface area contributed by atoms with Crippen molar-refractivity contribution in [2.24, 2.45) is 11.7 Å². The van der Waals surface area contributed by atoms with Crippen molar-refractivity contribution >= 4 is 5.97 Å². The van der Waals surface area contributed by atoms with E-state index in [9.17, 15) is 4.79 Å². The van der Waals surface area contributed by atoms with Crippen LogP contribution in [0.5, 0.6) is 0 Å². The number of nitrogens with two attached hydrogens (primary N) is 1. The molecule has 0 amide bonds. The van der Waals surface area contributed by atoms with Gasteiger partial charge >= 0.3 is 5.97 Å². The fraction of sp³-hybridized carbons (Fsp3) is 0.875. The van der Waals surface area contributed by atoms with Crippen LogP contribution in [0, 0.1) is 5.92 Å². The second-order valence-corrected chi connectivity index (χ2v) is 3.30. The number of hydrogen-bond acceptors (Lipinski definition) is 3. The van der Waals surface area contributed by atoms with Crippen LogP contribution in [0.15, 0.2) is 0 Å². The Kier molecular flexibility index (Phi) is 4.85. The van der Waals surface area contributed by atoms with Crippen molar-refractivity contribution in [3.63, 3.8) is 0 Å². The maximum atomic E-state index is 10.4. The van der Waals surface area contributed by atoms with Gasteiger partial charge in [0.25, 0.3) is 0 Å². The van der Waals surface area contributed by atoms with E-state index < -0.39 is 18.1 Å². The third-order valence-electron chi connectivity index (χ3n) is 1.48. The van der Waals surface area contributed by atoms with E-state index in [0.717, 1.165) is 0 Å². The van der Waals surface area contributed by atoms with E-state index in [4.69, 9.17) is 15.6 Å². The third-order valence-corrected chi connectivity index (χ3v) is 1.48. The second kappa shape index (κ2) is 5.11. The van der Waals surface area contributed by atoms with Gasteiger partial charge in [0.05, 0.1) is 6.10 Å². The number of rotatable bonds is 5. The minimum absolute atomic E-state index is 0.397. The molecule has 0 saturated heterocycles. The fourth-order valence-electron chi connectivity index (χ4n) is 0.649. The Morgan fingerprint density at radius 2 is 2.00 bits per heavy atom. The van der Waals surface area contributed by atoms with Crippen LogP contribution < -0.4 is 5.73 Å². The number of ether oxygens (including phenoxy) is 1. The van der Waals surface area contributed by atoms with Gasteiger partial charge in [0.2, 0.25) is 0 Å². The molecule has 0 aromatic heterocycles. The van der Waals surface area contributed by atoms with E-state index in [1.165, 1.54) is 0 Å². The average molecular weight is 175 g/mol. The van der Waals surface area contributed by atoms with Crippen LogP contribution in [-0.2, 0) is 9.53 Å². The summed E-state index contributed by atoms with van der Waals surface area (Å²) in [5.74, 6) is -0.625. The van der Waals surface area contributed by atoms with Crippen molar-refractivity contribution in [2.45, 2.75) is 32.9 Å². The van der Waals surface area contributed by atoms with Crippen LogP contribution >= 0.6 is 0 Å². The first-order chi connectivity index (χ1) is 5.45. The van der Waals surface area contributed by atoms with E-state index in [0.29, 0.717) is 12.5 Å². The van der Waals surface area contributed by atoms with Crippen LogP contribution in [-0.4, -0.2) is 29.8 Å². The number of hydrogen-bond donors (Lipinski definition) is 2. The zero-order valence-electron chi connectivity index (χ0n) is 7.78. The maximum Gasteiger partial charge on any atom is 0.323 e. The van der Waals surface area contributed by atoms with Gasteiger partial charge in [-0.2, -0.15) is 0 Å². The lowest BCUT2D eigenvalue weighted by molar-refractivity contribution is -0.142. The predicted molar refractivity (Wildman–Crippen MR) is 45.9 cm³/mol. The lowest BCUT2D eigenvalue weighted by Gasteiger charge is -2.17. The molecule has 72 valence electrons. The van der Waals surface area contributed by atoms with Gasteiger partial charge in [-0.3, -0.25) is 4.79 Å². The molecule has 0 fully saturated rings. The van der Waals surface area contributed by atoms with E-state index >= 15 is 0 Å². The molecule has 0 unspecified atom stereocenters. The van der Waals surface area contributed by atoms with Crippen molar-refractivity contribution in [3.05, 3.63) is 0 Å². The highest BCUT2D eigenvalue weighted by molar-refractivity contribution is 5.73. The summed E-state index contributed by atoms with van der Waals surface area (Å²) in [7, 11) is 0. The summed E-state index contributed by atoms with van der Waals surface area (Å²) in [6.45, 7) is 6.21. The van der Waals surface area contributed by atoms with Crippen LogP contribution in [0.25, 0.3) is 0 Å². The molecule has 0 saturated carbocycles. The first-order valence-electron chi connectivity index (χ1n) is 4.05. The topological polar surface area (TPSA) is 72.5 Å². The average Bonchev–Trinajstić information content (AvgIpc) is 1.98. The van der Waals surface area contributed by atoms with Crippen LogP contribution in [0.1, 0.15) is 20.8 Å². The largest absolute Gasteiger partial charge is 0.480 e. The molecule has 0 radical (unpaired) electrons. The maximum absolute atomic E-state index is 10.4. The van der Waals surface area contributed by atoms with Gasteiger partial charge in [-0.1, -0.05) is 13.8 Å². The van der Waals surface area contributed by atoms with Gasteiger partial charge in [0, 0.05) is 6.61 Å². The predicted octanol–water partition coefficient (Wildman–Crippen LogP) is 0.459. The molecule has 0 aliphatic heterocycles. The Bertz CT molecular complexity index is 147. The van der Waals surface area contributed by atoms with Crippen molar-refractivity contribution in [3.8, 4) is 0 Å². The highest BCUT2D eigenvalue weighted by Crippen LogP contribution is 2.00. The van der Waals surface area contributed by atoms with E-state index in [-0.39, 0.29) is 0 Å². The molecular formula is C8H17NO3. The molecule has 4 nitrogen and oxygen atoms in total. The summed E-state index contributed by atoms with van der Waals surface area (Å²) in [5, 5.41) is 8.51. The molecule has 0 spiro atoms. The summed E-state index contributed by atoms with van der Waals surface area (Å²) >= 11 is 0. The smallest absolute Gasteiger partial charge is 0.323 e. The van der Waals surface area contributed by atoms with Crippen LogP contribution in [0.4, 0.5) is 0 Å². The summed E-state index contributed by atoms with van der Waals surface area (Å²) in [6.07, 6.45) is -0.426. The van der Waals surface area contributed by atoms with E-state index in [1.54, 1.807) is 6.92 Å². The first-order valence-corrected chi connectivity index (χ1v) is 4.05. The van der Waals surface area contributed by atoms with E-state index in [2.05, 4.69) is 0 Å². The fourth-order valence-corrected chi connectivity index (χ4v) is 0.649. The SMILES string of the molecule is CC(C)CO[C@H](C)[C@H](N)C(=O)O. The molecule has 0 aromatic carbocycles. The first kappa shape index (κ1) is 11.4. The van der Waals surface area contributed by atoms with Crippen molar-refractivity contribution in [1.82, 2.24) is 0 Å². The normalized spacial score (nSPS) is 16.1. The molecule has 0 aliphatic rings. The quantitative estimate of drug-likeness (QED) is 0.636. The summed E-state index contributed by atoms with van der Waals surface area (Å²) in [6, 6.07) is -0.927. The minimum atomic E-state index is -1.02. The summed E-state index contributed by atoms with van der Waals surface area (Å²) in [4.78, 5) is 10.4. The van der Waals surface area contributed by atoms with Gasteiger partial charge in [0.15, 0.2) is 0 Å². The monoisotopic (exact) mass is 175 g/mol. The molecule has 0 aromatic rings. The molecule has 12 heavy (non-hydrogen) atoms. The van der Waals surface area contributed by atoms with Crippen molar-refractivity contribution in [2.75, 3.05) is 6.61 Å². The van der Waals surface area contributed by atoms with Crippen LogP contribution in [0.3, 0.4) is 0 Å². The number of carbonyl (C=O) groups is 1. The second-order valence-electron chi connectivity index (χ2n) is 3.30. The Morgan fingerprint density at radius 3 is 2.33 bits per heavy atom. The molecule has 2 atom stereocenters. The number of carboxylic acid groups (broad SMARTS) is 1. The Hall–Kier alpha value is -0.610. The van der Waals surface area contributed by atoms with E-state index in [1.807, 2.05) is 13.8 Å². The molecule has 0 bridgehead atoms. The molecule has 3 N–H and O–H groups in total. The number of aliphatic carboxylic acids is 1. The highest BCUT2D eigenvalue weighted by Gasteiger charge is 2.20. The summed E-state index contributed by atoms with van der Waals surface area (Å²) in [5.41, 5.74) is 5.32. The zero-order valence-corrected chi connectivity index (χ0v) is 7.78. The molecule has 0 rings (SSSR count). The lowest BCUT2D eigenvalue weighted by Crippen LogP contribution is -2.42. The minimum Gasteiger partial charge on any atom is -0.480 e. The van der Waals surface area contributed by atoms with Crippen molar-refractivity contribution in [1.29, 1.82) is 0 Å². The standard InChI is InChI=1S/C8H17NO3/c1-5(2)4-12-6(3)7(9)8(10)11/h5-7H,4,9H2,1-3H3,(H,10,11)/t6-,7+/m1/s1. The summed E-state index contributed by atoms with van der Waals surface area (Å²) < 4.78 is 5.22. The van der Waals surface area contributed by atoms with Gasteiger partial charge in [-0.05, 0) is 12.8 Å². The molecular weight excluding hydrogens is 158 g/mol. The van der Waals surface area contributed by atoms with Gasteiger partial charge in [-0.15, -0.1) is 0 Å². The third kappa shape index (κ3) is 4.31. The Morgan fingerprint density at radius 1 is 1.50 bits per heavy atom. The van der Waals surface area contributed by atoms with Crippen LogP contribution in [0.2, 0.25) is 0 Å². The van der Waals surface area contributed by atoms with Gasteiger partial charge in [-0.25, -0.2) is 0 Å². The Balaban J connectivity index is 3.71. The molecule has 0 heterocycles. The lowest BCUT2D eigenvalue weighted by atomic mass is 10.2. The molecule has 0 aliphatic carbocycles.